The summed E-state index contributed by atoms with van der Waals surface area (Å²) < 4.78 is 0. The molecule has 3 rings (SSSR count). The number of nitrogens with one attached hydrogen (secondary N) is 1. The summed E-state index contributed by atoms with van der Waals surface area (Å²) in [7, 11) is 0. The average molecular weight is 365 g/mol. The van der Waals surface area contributed by atoms with E-state index in [4.69, 9.17) is 0 Å². The van der Waals surface area contributed by atoms with Gasteiger partial charge in [-0.1, -0.05) is 43.7 Å². The van der Waals surface area contributed by atoms with Gasteiger partial charge in [0.05, 0.1) is 0 Å². The highest BCUT2D eigenvalue weighted by Gasteiger charge is 2.31. The lowest BCUT2D eigenvalue weighted by atomic mass is 9.79. The maximum absolute atomic E-state index is 12.7. The molecule has 0 aliphatic carbocycles. The molecule has 0 saturated carbocycles. The van der Waals surface area contributed by atoms with Crippen LogP contribution in [0.25, 0.3) is 0 Å². The number of carbonyl (C=O) groups excluding carboxylic acids is 1. The topological polar surface area (TPSA) is 32.3 Å². The predicted molar refractivity (Wildman–Crippen MR) is 106 cm³/mol. The monoisotopic (exact) mass is 364 g/mol. The molecular weight excluding hydrogens is 332 g/mol. The van der Waals surface area contributed by atoms with Crippen LogP contribution in [0.2, 0.25) is 0 Å². The maximum atomic E-state index is 12.7. The van der Waals surface area contributed by atoms with Gasteiger partial charge in [0.15, 0.2) is 0 Å². The lowest BCUT2D eigenvalue weighted by Gasteiger charge is -2.39. The van der Waals surface area contributed by atoms with Crippen LogP contribution < -0.4 is 5.32 Å². The summed E-state index contributed by atoms with van der Waals surface area (Å²) >= 11 is 0. The summed E-state index contributed by atoms with van der Waals surface area (Å²) in [4.78, 5) is 14.8. The zero-order chi connectivity index (χ0) is 16.8. The van der Waals surface area contributed by atoms with Crippen molar-refractivity contribution in [2.75, 3.05) is 26.2 Å². The van der Waals surface area contributed by atoms with Gasteiger partial charge in [-0.05, 0) is 62.1 Å². The fraction of sp³-hybridized carbons (Fsp3) is 0.667. The molecule has 4 heteroatoms. The Morgan fingerprint density at radius 1 is 1.16 bits per heavy atom. The number of halogens is 1. The minimum atomic E-state index is 0. The largest absolute Gasteiger partial charge is 0.342 e. The molecular formula is C21H33ClN2O. The average Bonchev–Trinajstić information content (AvgIpc) is 2.67. The van der Waals surface area contributed by atoms with Crippen LogP contribution in [0.15, 0.2) is 30.3 Å². The minimum Gasteiger partial charge on any atom is -0.342 e. The lowest BCUT2D eigenvalue weighted by Crippen LogP contribution is -2.43. The Morgan fingerprint density at radius 3 is 2.56 bits per heavy atom. The van der Waals surface area contributed by atoms with Crippen molar-refractivity contribution < 1.29 is 4.79 Å². The second-order valence-corrected chi connectivity index (χ2v) is 7.55. The van der Waals surface area contributed by atoms with E-state index in [0.29, 0.717) is 17.7 Å². The van der Waals surface area contributed by atoms with E-state index in [0.717, 1.165) is 57.8 Å². The van der Waals surface area contributed by atoms with Crippen molar-refractivity contribution in [2.24, 2.45) is 11.8 Å². The lowest BCUT2D eigenvalue weighted by molar-refractivity contribution is -0.133. The van der Waals surface area contributed by atoms with Crippen LogP contribution >= 0.6 is 12.4 Å². The Hall–Kier alpha value is -1.06. The van der Waals surface area contributed by atoms with Crippen molar-refractivity contribution in [3.05, 3.63) is 35.9 Å². The quantitative estimate of drug-likeness (QED) is 0.847. The van der Waals surface area contributed by atoms with Crippen molar-refractivity contribution in [1.82, 2.24) is 10.2 Å². The second kappa shape index (κ2) is 10.2. The number of nitrogens with zero attached hydrogens (tertiary/aromatic N) is 1. The van der Waals surface area contributed by atoms with Crippen molar-refractivity contribution in [3.8, 4) is 0 Å². The number of hydrogen-bond acceptors (Lipinski definition) is 2. The van der Waals surface area contributed by atoms with E-state index in [-0.39, 0.29) is 12.4 Å². The third kappa shape index (κ3) is 5.46. The molecule has 1 aromatic rings. The SMILES string of the molecule is CCC1CN(C(=O)CCC2CCNCC2)CCC1c1ccccc1.Cl. The Kier molecular flexibility index (Phi) is 8.25. The van der Waals surface area contributed by atoms with Gasteiger partial charge in [-0.25, -0.2) is 0 Å². The highest BCUT2D eigenvalue weighted by Crippen LogP contribution is 2.35. The molecule has 2 fully saturated rings. The van der Waals surface area contributed by atoms with E-state index in [1.165, 1.54) is 18.4 Å². The summed E-state index contributed by atoms with van der Waals surface area (Å²) in [5, 5.41) is 3.40. The minimum absolute atomic E-state index is 0. The van der Waals surface area contributed by atoms with Gasteiger partial charge in [0.1, 0.15) is 0 Å². The highest BCUT2D eigenvalue weighted by molar-refractivity contribution is 5.85. The van der Waals surface area contributed by atoms with Crippen molar-refractivity contribution in [1.29, 1.82) is 0 Å². The van der Waals surface area contributed by atoms with Crippen LogP contribution in [0.3, 0.4) is 0 Å². The Morgan fingerprint density at radius 2 is 1.88 bits per heavy atom. The van der Waals surface area contributed by atoms with E-state index in [1.807, 2.05) is 0 Å². The van der Waals surface area contributed by atoms with Gasteiger partial charge in [0, 0.05) is 19.5 Å². The van der Waals surface area contributed by atoms with Gasteiger partial charge >= 0.3 is 0 Å². The van der Waals surface area contributed by atoms with E-state index in [9.17, 15) is 4.79 Å². The maximum Gasteiger partial charge on any atom is 0.222 e. The van der Waals surface area contributed by atoms with Crippen LogP contribution in [-0.4, -0.2) is 37.0 Å². The summed E-state index contributed by atoms with van der Waals surface area (Å²) in [6, 6.07) is 10.9. The van der Waals surface area contributed by atoms with Crippen molar-refractivity contribution >= 4 is 18.3 Å². The first-order chi connectivity index (χ1) is 11.8. The van der Waals surface area contributed by atoms with Gasteiger partial charge in [-0.2, -0.15) is 0 Å². The fourth-order valence-electron chi connectivity index (χ4n) is 4.47. The third-order valence-electron chi connectivity index (χ3n) is 6.06. The molecule has 2 unspecified atom stereocenters. The van der Waals surface area contributed by atoms with E-state index in [1.54, 1.807) is 0 Å². The first-order valence-corrected chi connectivity index (χ1v) is 9.81. The molecule has 2 aliphatic rings. The molecule has 2 aliphatic heterocycles. The van der Waals surface area contributed by atoms with E-state index >= 15 is 0 Å². The molecule has 140 valence electrons. The molecule has 0 radical (unpaired) electrons. The molecule has 1 N–H and O–H groups in total. The van der Waals surface area contributed by atoms with Crippen LogP contribution in [0.4, 0.5) is 0 Å². The van der Waals surface area contributed by atoms with Crippen LogP contribution in [0.1, 0.15) is 56.9 Å². The molecule has 1 amide bonds. The summed E-state index contributed by atoms with van der Waals surface area (Å²) in [6.45, 7) is 6.39. The van der Waals surface area contributed by atoms with Gasteiger partial charge < -0.3 is 10.2 Å². The number of hydrogen-bond donors (Lipinski definition) is 1. The van der Waals surface area contributed by atoms with Crippen LogP contribution in [-0.2, 0) is 4.79 Å². The number of carbonyl (C=O) groups is 1. The number of amides is 1. The summed E-state index contributed by atoms with van der Waals surface area (Å²) in [5.74, 6) is 2.35. The number of benzene rings is 1. The van der Waals surface area contributed by atoms with Gasteiger partial charge in [0.2, 0.25) is 5.91 Å². The molecule has 3 nitrogen and oxygen atoms in total. The first-order valence-electron chi connectivity index (χ1n) is 9.81. The van der Waals surface area contributed by atoms with Crippen LogP contribution in [0.5, 0.6) is 0 Å². The highest BCUT2D eigenvalue weighted by atomic mass is 35.5. The Bertz CT molecular complexity index is 516. The molecule has 2 atom stereocenters. The number of piperidine rings is 2. The Balaban J connectivity index is 0.00000225. The normalized spacial score (nSPS) is 24.6. The fourth-order valence-corrected chi connectivity index (χ4v) is 4.47. The van der Waals surface area contributed by atoms with Crippen molar-refractivity contribution in [3.63, 3.8) is 0 Å². The standard InChI is InChI=1S/C21H32N2O.ClH/c1-2-18-16-23(15-12-20(18)19-6-4-3-5-7-19)21(24)9-8-17-10-13-22-14-11-17;/h3-7,17-18,20,22H,2,8-16H2,1H3;1H. The molecule has 0 bridgehead atoms. The van der Waals surface area contributed by atoms with E-state index in [2.05, 4.69) is 47.5 Å². The van der Waals surface area contributed by atoms with Gasteiger partial charge in [-0.15, -0.1) is 12.4 Å². The van der Waals surface area contributed by atoms with Gasteiger partial charge in [0.25, 0.3) is 0 Å². The summed E-state index contributed by atoms with van der Waals surface area (Å²) in [6.07, 6.45) is 6.56. The molecule has 2 saturated heterocycles. The Labute approximate surface area is 159 Å². The number of rotatable bonds is 5. The molecule has 2 heterocycles. The zero-order valence-electron chi connectivity index (χ0n) is 15.5. The first kappa shape index (κ1) is 20.3. The number of likely N-dealkylation sites (tertiary alicyclic amines) is 1. The van der Waals surface area contributed by atoms with Gasteiger partial charge in [-0.3, -0.25) is 4.79 Å². The predicted octanol–water partition coefficient (Wildman–Crippen LogP) is 4.23. The smallest absolute Gasteiger partial charge is 0.222 e. The molecule has 1 aromatic carbocycles. The molecule has 0 spiro atoms. The second-order valence-electron chi connectivity index (χ2n) is 7.55. The summed E-state index contributed by atoms with van der Waals surface area (Å²) in [5.41, 5.74) is 1.45. The molecule has 25 heavy (non-hydrogen) atoms. The van der Waals surface area contributed by atoms with E-state index < -0.39 is 0 Å². The van der Waals surface area contributed by atoms with Crippen molar-refractivity contribution in [2.45, 2.75) is 51.4 Å². The zero-order valence-corrected chi connectivity index (χ0v) is 16.3. The molecule has 0 aromatic heterocycles. The third-order valence-corrected chi connectivity index (χ3v) is 6.06. The van der Waals surface area contributed by atoms with Crippen LogP contribution in [0, 0.1) is 11.8 Å².